The molecule has 1 aliphatic heterocycles. The van der Waals surface area contributed by atoms with Crippen LogP contribution in [-0.2, 0) is 0 Å². The molecular weight excluding hydrogens is 258 g/mol. The van der Waals surface area contributed by atoms with Gasteiger partial charge in [-0.05, 0) is 76.4 Å². The third-order valence-corrected chi connectivity index (χ3v) is 5.32. The fraction of sp³-hybridized carbons (Fsp3) is 1.00. The first-order valence-corrected chi connectivity index (χ1v) is 9.18. The second kappa shape index (κ2) is 9.81. The van der Waals surface area contributed by atoms with E-state index in [0.717, 1.165) is 5.92 Å². The van der Waals surface area contributed by atoms with Crippen LogP contribution in [0.5, 0.6) is 0 Å². The summed E-state index contributed by atoms with van der Waals surface area (Å²) in [4.78, 5) is 5.20. The van der Waals surface area contributed by atoms with E-state index in [0.29, 0.717) is 5.41 Å². The Morgan fingerprint density at radius 1 is 1.00 bits per heavy atom. The van der Waals surface area contributed by atoms with Gasteiger partial charge in [-0.3, -0.25) is 0 Å². The molecule has 126 valence electrons. The van der Waals surface area contributed by atoms with Crippen molar-refractivity contribution >= 4 is 0 Å². The Kier molecular flexibility index (Phi) is 8.84. The molecule has 0 aromatic heterocycles. The minimum atomic E-state index is 0.429. The van der Waals surface area contributed by atoms with Crippen LogP contribution in [0.25, 0.3) is 0 Å². The summed E-state index contributed by atoms with van der Waals surface area (Å²) in [5.41, 5.74) is 0.429. The van der Waals surface area contributed by atoms with Crippen molar-refractivity contribution in [3.05, 3.63) is 0 Å². The Hall–Kier alpha value is -0.120. The maximum atomic E-state index is 3.58. The van der Waals surface area contributed by atoms with Crippen molar-refractivity contribution in [2.75, 3.05) is 52.4 Å². The van der Waals surface area contributed by atoms with E-state index in [4.69, 9.17) is 0 Å². The van der Waals surface area contributed by atoms with Crippen molar-refractivity contribution in [1.29, 1.82) is 0 Å². The van der Waals surface area contributed by atoms with Gasteiger partial charge in [0.15, 0.2) is 0 Å². The maximum absolute atomic E-state index is 3.58. The van der Waals surface area contributed by atoms with Crippen LogP contribution in [0.1, 0.15) is 53.9 Å². The zero-order valence-corrected chi connectivity index (χ0v) is 15.2. The van der Waals surface area contributed by atoms with Gasteiger partial charge in [0.25, 0.3) is 0 Å². The second-order valence-corrected chi connectivity index (χ2v) is 7.28. The average Bonchev–Trinajstić information content (AvgIpc) is 2.51. The molecule has 0 aromatic rings. The highest BCUT2D eigenvalue weighted by Gasteiger charge is 2.31. The maximum Gasteiger partial charge on any atom is 0.00357 e. The minimum Gasteiger partial charge on any atom is -0.316 e. The van der Waals surface area contributed by atoms with Crippen molar-refractivity contribution in [1.82, 2.24) is 15.1 Å². The van der Waals surface area contributed by atoms with Crippen LogP contribution in [-0.4, -0.2) is 62.2 Å². The van der Waals surface area contributed by atoms with Gasteiger partial charge >= 0.3 is 0 Å². The first-order chi connectivity index (χ1) is 10.0. The number of rotatable bonds is 10. The standard InChI is InChI=1S/C18H39N3/c1-6-20(7-2)13-10-14-21(8-3)16-18(4,5)17-11-9-12-19-15-17/h17,19H,6-16H2,1-5H3. The van der Waals surface area contributed by atoms with Crippen LogP contribution in [0.2, 0.25) is 0 Å². The van der Waals surface area contributed by atoms with Gasteiger partial charge in [-0.15, -0.1) is 0 Å². The molecule has 0 spiro atoms. The molecule has 1 N–H and O–H groups in total. The van der Waals surface area contributed by atoms with Crippen LogP contribution in [0, 0.1) is 11.3 Å². The van der Waals surface area contributed by atoms with E-state index in [2.05, 4.69) is 49.7 Å². The van der Waals surface area contributed by atoms with Crippen molar-refractivity contribution in [3.8, 4) is 0 Å². The molecule has 1 aliphatic rings. The predicted octanol–water partition coefficient (Wildman–Crippen LogP) is 3.07. The molecule has 1 fully saturated rings. The van der Waals surface area contributed by atoms with E-state index in [9.17, 15) is 0 Å². The lowest BCUT2D eigenvalue weighted by Gasteiger charge is -2.40. The van der Waals surface area contributed by atoms with Crippen molar-refractivity contribution in [2.45, 2.75) is 53.9 Å². The SMILES string of the molecule is CCN(CC)CCCN(CC)CC(C)(C)C1CCCNC1. The molecule has 0 bridgehead atoms. The smallest absolute Gasteiger partial charge is 0.00357 e. The van der Waals surface area contributed by atoms with E-state index >= 15 is 0 Å². The van der Waals surface area contributed by atoms with Gasteiger partial charge < -0.3 is 15.1 Å². The number of piperidine rings is 1. The fourth-order valence-corrected chi connectivity index (χ4v) is 3.63. The third kappa shape index (κ3) is 6.66. The molecule has 3 nitrogen and oxygen atoms in total. The van der Waals surface area contributed by atoms with Crippen molar-refractivity contribution in [3.63, 3.8) is 0 Å². The molecule has 0 radical (unpaired) electrons. The number of nitrogens with zero attached hydrogens (tertiary/aromatic N) is 2. The lowest BCUT2D eigenvalue weighted by atomic mass is 9.74. The lowest BCUT2D eigenvalue weighted by molar-refractivity contribution is 0.100. The monoisotopic (exact) mass is 297 g/mol. The molecule has 0 saturated carbocycles. The Balaban J connectivity index is 2.37. The van der Waals surface area contributed by atoms with E-state index in [1.807, 2.05) is 0 Å². The summed E-state index contributed by atoms with van der Waals surface area (Å²) in [7, 11) is 0. The number of nitrogens with one attached hydrogen (secondary N) is 1. The van der Waals surface area contributed by atoms with Crippen molar-refractivity contribution < 1.29 is 0 Å². The molecule has 3 heteroatoms. The number of hydrogen-bond donors (Lipinski definition) is 1. The highest BCUT2D eigenvalue weighted by atomic mass is 15.1. The highest BCUT2D eigenvalue weighted by Crippen LogP contribution is 2.32. The Morgan fingerprint density at radius 2 is 1.62 bits per heavy atom. The van der Waals surface area contributed by atoms with E-state index < -0.39 is 0 Å². The summed E-state index contributed by atoms with van der Waals surface area (Å²) < 4.78 is 0. The molecule has 1 atom stereocenters. The summed E-state index contributed by atoms with van der Waals surface area (Å²) in [5.74, 6) is 0.836. The van der Waals surface area contributed by atoms with E-state index in [1.165, 1.54) is 71.6 Å². The molecule has 1 unspecified atom stereocenters. The zero-order valence-electron chi connectivity index (χ0n) is 15.2. The predicted molar refractivity (Wildman–Crippen MR) is 93.9 cm³/mol. The summed E-state index contributed by atoms with van der Waals surface area (Å²) in [5, 5.41) is 3.58. The topological polar surface area (TPSA) is 18.5 Å². The molecule has 1 saturated heterocycles. The molecular formula is C18H39N3. The fourth-order valence-electron chi connectivity index (χ4n) is 3.63. The first kappa shape index (κ1) is 18.9. The van der Waals surface area contributed by atoms with E-state index in [1.54, 1.807) is 0 Å². The van der Waals surface area contributed by atoms with Gasteiger partial charge in [-0.2, -0.15) is 0 Å². The summed E-state index contributed by atoms with van der Waals surface area (Å²) in [6.45, 7) is 21.5. The van der Waals surface area contributed by atoms with E-state index in [-0.39, 0.29) is 0 Å². The quantitative estimate of drug-likeness (QED) is 0.668. The molecule has 0 aliphatic carbocycles. The third-order valence-electron chi connectivity index (χ3n) is 5.32. The van der Waals surface area contributed by atoms with Crippen LogP contribution >= 0.6 is 0 Å². The average molecular weight is 298 g/mol. The van der Waals surface area contributed by atoms with Crippen LogP contribution in [0.3, 0.4) is 0 Å². The Morgan fingerprint density at radius 3 is 2.14 bits per heavy atom. The molecule has 0 amide bonds. The van der Waals surface area contributed by atoms with Gasteiger partial charge in [0, 0.05) is 6.54 Å². The zero-order chi connectivity index (χ0) is 15.7. The van der Waals surface area contributed by atoms with Gasteiger partial charge in [0.05, 0.1) is 0 Å². The molecule has 21 heavy (non-hydrogen) atoms. The van der Waals surface area contributed by atoms with Crippen LogP contribution in [0.15, 0.2) is 0 Å². The van der Waals surface area contributed by atoms with Crippen LogP contribution < -0.4 is 5.32 Å². The normalized spacial score (nSPS) is 20.4. The van der Waals surface area contributed by atoms with Gasteiger partial charge in [-0.1, -0.05) is 34.6 Å². The summed E-state index contributed by atoms with van der Waals surface area (Å²) in [6, 6.07) is 0. The Labute approximate surface area is 133 Å². The highest BCUT2D eigenvalue weighted by molar-refractivity contribution is 4.85. The van der Waals surface area contributed by atoms with Crippen molar-refractivity contribution in [2.24, 2.45) is 11.3 Å². The van der Waals surface area contributed by atoms with Gasteiger partial charge in [-0.25, -0.2) is 0 Å². The lowest BCUT2D eigenvalue weighted by Crippen LogP contribution is -2.45. The number of hydrogen-bond acceptors (Lipinski definition) is 3. The minimum absolute atomic E-state index is 0.429. The Bertz CT molecular complexity index is 255. The summed E-state index contributed by atoms with van der Waals surface area (Å²) in [6.07, 6.45) is 4.05. The van der Waals surface area contributed by atoms with Gasteiger partial charge in [0.2, 0.25) is 0 Å². The molecule has 1 heterocycles. The summed E-state index contributed by atoms with van der Waals surface area (Å²) >= 11 is 0. The largest absolute Gasteiger partial charge is 0.316 e. The first-order valence-electron chi connectivity index (χ1n) is 9.18. The molecule has 0 aromatic carbocycles. The van der Waals surface area contributed by atoms with Gasteiger partial charge in [0.1, 0.15) is 0 Å². The second-order valence-electron chi connectivity index (χ2n) is 7.28. The molecule has 1 rings (SSSR count). The van der Waals surface area contributed by atoms with Crippen LogP contribution in [0.4, 0.5) is 0 Å².